The second-order valence-electron chi connectivity index (χ2n) is 2.67. The Kier molecular flexibility index (Phi) is 3.16. The lowest BCUT2D eigenvalue weighted by Crippen LogP contribution is -2.21. The zero-order chi connectivity index (χ0) is 13.2. The van der Waals surface area contributed by atoms with Crippen LogP contribution in [0.5, 0.6) is 5.75 Å². The Bertz CT molecular complexity index is 521. The first-order valence-electron chi connectivity index (χ1n) is 3.87. The van der Waals surface area contributed by atoms with Crippen LogP contribution in [0, 0.1) is 10.1 Å². The van der Waals surface area contributed by atoms with Gasteiger partial charge in [0.05, 0.1) is 4.92 Å². The van der Waals surface area contributed by atoms with Crippen molar-refractivity contribution < 1.29 is 27.6 Å². The molecule has 1 rings (SSSR count). The van der Waals surface area contributed by atoms with Crippen LogP contribution in [0.2, 0.25) is 0 Å². The molecule has 0 saturated heterocycles. The Balaban J connectivity index is 3.44. The van der Waals surface area contributed by atoms with Gasteiger partial charge in [-0.15, -0.1) is 13.2 Å². The van der Waals surface area contributed by atoms with Crippen LogP contribution in [0.4, 0.5) is 18.9 Å². The van der Waals surface area contributed by atoms with E-state index in [0.717, 1.165) is 0 Å². The Morgan fingerprint density at radius 3 is 2.47 bits per heavy atom. The highest BCUT2D eigenvalue weighted by atomic mass is 19.4. The third-order valence-corrected chi connectivity index (χ3v) is 1.60. The molecule has 92 valence electrons. The van der Waals surface area contributed by atoms with E-state index in [9.17, 15) is 32.9 Å². The number of carbonyl (C=O) groups is 1. The molecule has 1 aromatic heterocycles. The molecule has 10 heteroatoms. The van der Waals surface area contributed by atoms with Gasteiger partial charge in [-0.1, -0.05) is 0 Å². The van der Waals surface area contributed by atoms with Crippen molar-refractivity contribution in [2.45, 2.75) is 6.36 Å². The van der Waals surface area contributed by atoms with E-state index in [-0.39, 0.29) is 6.29 Å². The number of alkyl halides is 3. The maximum atomic E-state index is 11.9. The molecule has 0 bridgehead atoms. The summed E-state index contributed by atoms with van der Waals surface area (Å²) in [5.74, 6) is -1.14. The molecule has 7 nitrogen and oxygen atoms in total. The molecule has 0 saturated carbocycles. The van der Waals surface area contributed by atoms with E-state index in [1.807, 2.05) is 0 Å². The molecule has 1 heterocycles. The van der Waals surface area contributed by atoms with Gasteiger partial charge in [0.1, 0.15) is 5.56 Å². The van der Waals surface area contributed by atoms with Crippen LogP contribution in [0.3, 0.4) is 0 Å². The molecule has 0 amide bonds. The molecule has 0 fully saturated rings. The van der Waals surface area contributed by atoms with Crippen LogP contribution in [-0.2, 0) is 0 Å². The first-order chi connectivity index (χ1) is 7.76. The van der Waals surface area contributed by atoms with Crippen LogP contribution >= 0.6 is 0 Å². The van der Waals surface area contributed by atoms with Crippen molar-refractivity contribution in [2.24, 2.45) is 0 Å². The molecule has 0 aliphatic heterocycles. The Morgan fingerprint density at radius 2 is 2.06 bits per heavy atom. The first kappa shape index (κ1) is 12.7. The summed E-state index contributed by atoms with van der Waals surface area (Å²) in [7, 11) is 0. The van der Waals surface area contributed by atoms with Gasteiger partial charge in [-0.2, -0.15) is 0 Å². The number of H-pyrrole nitrogens is 1. The molecule has 0 aliphatic carbocycles. The fourth-order valence-electron chi connectivity index (χ4n) is 1.02. The number of carbonyl (C=O) groups excluding carboxylic acids is 1. The molecule has 0 atom stereocenters. The lowest BCUT2D eigenvalue weighted by atomic mass is 10.2. The minimum atomic E-state index is -5.14. The molecule has 0 aromatic carbocycles. The van der Waals surface area contributed by atoms with Crippen LogP contribution in [0.1, 0.15) is 10.4 Å². The van der Waals surface area contributed by atoms with Gasteiger partial charge < -0.3 is 9.72 Å². The molecule has 0 spiro atoms. The predicted molar refractivity (Wildman–Crippen MR) is 45.8 cm³/mol. The maximum absolute atomic E-state index is 11.9. The number of rotatable bonds is 3. The van der Waals surface area contributed by atoms with Crippen LogP contribution in [0.25, 0.3) is 0 Å². The number of nitrogens with zero attached hydrogens (tertiary/aromatic N) is 1. The summed E-state index contributed by atoms with van der Waals surface area (Å²) in [5.41, 5.74) is -3.68. The molecule has 0 unspecified atom stereocenters. The highest BCUT2D eigenvalue weighted by Gasteiger charge is 2.34. The van der Waals surface area contributed by atoms with E-state index in [0.29, 0.717) is 6.20 Å². The minimum Gasteiger partial charge on any atom is -0.403 e. The van der Waals surface area contributed by atoms with Crippen molar-refractivity contribution in [3.05, 3.63) is 32.2 Å². The molecule has 1 aromatic rings. The monoisotopic (exact) mass is 252 g/mol. The standard InChI is InChI=1S/C7H3F3N2O5/c8-7(9,10)17-4-1-11-6(14)5(12(15)16)3(4)2-13/h1-2H,(H,11,14). The Hall–Kier alpha value is -2.39. The number of aromatic amines is 1. The summed E-state index contributed by atoms with van der Waals surface area (Å²) in [6.07, 6.45) is -4.97. The van der Waals surface area contributed by atoms with Gasteiger partial charge in [0.2, 0.25) is 0 Å². The third-order valence-electron chi connectivity index (χ3n) is 1.60. The fourth-order valence-corrected chi connectivity index (χ4v) is 1.02. The van der Waals surface area contributed by atoms with Crippen molar-refractivity contribution in [2.75, 3.05) is 0 Å². The number of aldehydes is 1. The van der Waals surface area contributed by atoms with Crippen molar-refractivity contribution >= 4 is 12.0 Å². The SMILES string of the molecule is O=Cc1c(OC(F)(F)F)c[nH]c(=O)c1[N+](=O)[O-]. The normalized spacial score (nSPS) is 11.0. The summed E-state index contributed by atoms with van der Waals surface area (Å²) in [4.78, 5) is 32.3. The van der Waals surface area contributed by atoms with Gasteiger partial charge >= 0.3 is 17.6 Å². The summed E-state index contributed by atoms with van der Waals surface area (Å²) < 4.78 is 39.0. The summed E-state index contributed by atoms with van der Waals surface area (Å²) in [5, 5.41) is 10.4. The third kappa shape index (κ3) is 2.80. The average molecular weight is 252 g/mol. The number of pyridine rings is 1. The van der Waals surface area contributed by atoms with Crippen molar-refractivity contribution in [3.63, 3.8) is 0 Å². The summed E-state index contributed by atoms with van der Waals surface area (Å²) >= 11 is 0. The molecule has 1 N–H and O–H groups in total. The van der Waals surface area contributed by atoms with Crippen LogP contribution in [0.15, 0.2) is 11.0 Å². The lowest BCUT2D eigenvalue weighted by molar-refractivity contribution is -0.386. The average Bonchev–Trinajstić information content (AvgIpc) is 2.17. The van der Waals surface area contributed by atoms with E-state index < -0.39 is 33.8 Å². The molecular weight excluding hydrogens is 249 g/mol. The van der Waals surface area contributed by atoms with Gasteiger partial charge in [0.25, 0.3) is 0 Å². The van der Waals surface area contributed by atoms with Crippen molar-refractivity contribution in [1.82, 2.24) is 4.98 Å². The molecule has 0 aliphatic rings. The second-order valence-corrected chi connectivity index (χ2v) is 2.67. The summed E-state index contributed by atoms with van der Waals surface area (Å²) in [6.45, 7) is 0. The van der Waals surface area contributed by atoms with Gasteiger partial charge in [0, 0.05) is 6.20 Å². The zero-order valence-corrected chi connectivity index (χ0v) is 7.78. The molecule has 17 heavy (non-hydrogen) atoms. The van der Waals surface area contributed by atoms with Crippen LogP contribution < -0.4 is 10.3 Å². The quantitative estimate of drug-likeness (QED) is 0.491. The number of nitrogens with one attached hydrogen (secondary N) is 1. The maximum Gasteiger partial charge on any atom is 0.573 e. The van der Waals surface area contributed by atoms with Gasteiger partial charge in [-0.05, 0) is 0 Å². The van der Waals surface area contributed by atoms with Crippen LogP contribution in [-0.4, -0.2) is 22.6 Å². The summed E-state index contributed by atoms with van der Waals surface area (Å²) in [6, 6.07) is 0. The highest BCUT2D eigenvalue weighted by molar-refractivity contribution is 5.84. The van der Waals surface area contributed by atoms with Gasteiger partial charge in [-0.3, -0.25) is 19.7 Å². The largest absolute Gasteiger partial charge is 0.573 e. The number of hydrogen-bond donors (Lipinski definition) is 1. The smallest absolute Gasteiger partial charge is 0.403 e. The number of aromatic nitrogens is 1. The number of nitro groups is 1. The second kappa shape index (κ2) is 4.23. The lowest BCUT2D eigenvalue weighted by Gasteiger charge is -2.09. The van der Waals surface area contributed by atoms with E-state index in [1.165, 1.54) is 0 Å². The Morgan fingerprint density at radius 1 is 1.47 bits per heavy atom. The van der Waals surface area contributed by atoms with Crippen molar-refractivity contribution in [1.29, 1.82) is 0 Å². The zero-order valence-electron chi connectivity index (χ0n) is 7.78. The molecule has 0 radical (unpaired) electrons. The van der Waals surface area contributed by atoms with E-state index >= 15 is 0 Å². The van der Waals surface area contributed by atoms with Gasteiger partial charge in [0.15, 0.2) is 12.0 Å². The Labute approximate surface area is 90.0 Å². The topological polar surface area (TPSA) is 102 Å². The molecular formula is C7H3F3N2O5. The highest BCUT2D eigenvalue weighted by Crippen LogP contribution is 2.27. The number of halogens is 3. The van der Waals surface area contributed by atoms with Gasteiger partial charge in [-0.25, -0.2) is 0 Å². The van der Waals surface area contributed by atoms with E-state index in [4.69, 9.17) is 0 Å². The number of ether oxygens (including phenoxy) is 1. The van der Waals surface area contributed by atoms with E-state index in [1.54, 1.807) is 4.98 Å². The van der Waals surface area contributed by atoms with E-state index in [2.05, 4.69) is 4.74 Å². The number of hydrogen-bond acceptors (Lipinski definition) is 5. The minimum absolute atomic E-state index is 0.256. The first-order valence-corrected chi connectivity index (χ1v) is 3.87. The predicted octanol–water partition coefficient (Wildman–Crippen LogP) is 0.994. The fraction of sp³-hybridized carbons (Fsp3) is 0.143. The van der Waals surface area contributed by atoms with Crippen molar-refractivity contribution in [3.8, 4) is 5.75 Å².